The van der Waals surface area contributed by atoms with Crippen molar-refractivity contribution in [2.45, 2.75) is 44.9 Å². The lowest BCUT2D eigenvalue weighted by molar-refractivity contribution is 0.265. The minimum Gasteiger partial charge on any atom is -0.388 e. The maximum atomic E-state index is 9.98. The summed E-state index contributed by atoms with van der Waals surface area (Å²) in [6.45, 7) is 2.57. The van der Waals surface area contributed by atoms with E-state index in [0.29, 0.717) is 23.3 Å². The third kappa shape index (κ3) is 6.19. The molecule has 0 atom stereocenters. The first-order valence-corrected chi connectivity index (χ1v) is 17.0. The Morgan fingerprint density at radius 1 is 0.694 bits per heavy atom. The van der Waals surface area contributed by atoms with Gasteiger partial charge in [-0.05, 0) is 51.4 Å². The number of aliphatic hydroxyl groups is 1. The monoisotopic (exact) mass is 664 g/mol. The van der Waals surface area contributed by atoms with Gasteiger partial charge in [0.25, 0.3) is 0 Å². The fourth-order valence-corrected chi connectivity index (χ4v) is 6.94. The van der Waals surface area contributed by atoms with E-state index >= 15 is 0 Å². The molecule has 8 heteroatoms. The first kappa shape index (κ1) is 32.2. The van der Waals surface area contributed by atoms with Crippen molar-refractivity contribution in [3.8, 4) is 22.5 Å². The highest BCUT2D eigenvalue weighted by Crippen LogP contribution is 2.40. The molecule has 49 heavy (non-hydrogen) atoms. The third-order valence-corrected chi connectivity index (χ3v) is 9.38. The van der Waals surface area contributed by atoms with E-state index in [1.54, 1.807) is 4.80 Å². The van der Waals surface area contributed by atoms with Gasteiger partial charge in [0.05, 0.1) is 5.69 Å². The summed E-state index contributed by atoms with van der Waals surface area (Å²) in [4.78, 5) is 6.18. The molecule has 0 unspecified atom stereocenters. The Labute approximate surface area is 291 Å². The summed E-state index contributed by atoms with van der Waals surface area (Å²) in [6, 6.07) is 47.7. The van der Waals surface area contributed by atoms with Gasteiger partial charge in [0.2, 0.25) is 5.82 Å². The summed E-state index contributed by atoms with van der Waals surface area (Å²) in [6.07, 6.45) is 2.88. The van der Waals surface area contributed by atoms with Crippen molar-refractivity contribution >= 4 is 11.6 Å². The lowest BCUT2D eigenvalue weighted by Crippen LogP contribution is -2.39. The molecule has 244 valence electrons. The predicted octanol–water partition coefficient (Wildman–Crippen LogP) is 8.58. The van der Waals surface area contributed by atoms with Gasteiger partial charge in [0, 0.05) is 12.1 Å². The minimum atomic E-state index is -0.856. The van der Waals surface area contributed by atoms with Crippen molar-refractivity contribution in [3.63, 3.8) is 0 Å². The zero-order valence-corrected chi connectivity index (χ0v) is 28.1. The quantitative estimate of drug-likeness (QED) is 0.132. The lowest BCUT2D eigenvalue weighted by Gasteiger charge is -2.34. The highest BCUT2D eigenvalue weighted by molar-refractivity contribution is 6.30. The molecule has 0 amide bonds. The molecular weight excluding hydrogens is 628 g/mol. The first-order chi connectivity index (χ1) is 24.1. The van der Waals surface area contributed by atoms with E-state index in [9.17, 15) is 5.11 Å². The van der Waals surface area contributed by atoms with Crippen LogP contribution in [0.2, 0.25) is 5.15 Å². The number of hydrogen-bond acceptors (Lipinski definition) is 5. The maximum Gasteiger partial charge on any atom is 0.205 e. The SMILES string of the molecule is CCCCc1c(Cl)nc(CO)n1Cc1ccc(-c2ccccc2-c2nnn(C(c3ccccc3)(c3ccccc3)c3ccccc3)n2)cc1. The van der Waals surface area contributed by atoms with Gasteiger partial charge in [-0.2, -0.15) is 0 Å². The van der Waals surface area contributed by atoms with E-state index in [-0.39, 0.29) is 6.61 Å². The van der Waals surface area contributed by atoms with Gasteiger partial charge in [-0.15, -0.1) is 15.0 Å². The number of imidazole rings is 1. The summed E-state index contributed by atoms with van der Waals surface area (Å²) in [5.41, 5.74) is 7.21. The molecule has 0 aliphatic carbocycles. The molecule has 7 nitrogen and oxygen atoms in total. The maximum absolute atomic E-state index is 9.98. The molecule has 0 spiro atoms. The highest BCUT2D eigenvalue weighted by atomic mass is 35.5. The number of tetrazole rings is 1. The van der Waals surface area contributed by atoms with Crippen molar-refractivity contribution in [3.05, 3.63) is 178 Å². The summed E-state index contributed by atoms with van der Waals surface area (Å²) >= 11 is 6.48. The number of aliphatic hydroxyl groups excluding tert-OH is 1. The number of nitrogens with zero attached hydrogens (tertiary/aromatic N) is 6. The summed E-state index contributed by atoms with van der Waals surface area (Å²) in [5, 5.41) is 25.0. The molecule has 0 saturated heterocycles. The number of hydrogen-bond donors (Lipinski definition) is 1. The van der Waals surface area contributed by atoms with Crippen LogP contribution >= 0.6 is 11.6 Å². The predicted molar refractivity (Wildman–Crippen MR) is 194 cm³/mol. The number of benzene rings is 5. The topological polar surface area (TPSA) is 81.7 Å². The Kier molecular flexibility index (Phi) is 9.46. The minimum absolute atomic E-state index is 0.162. The molecule has 0 aliphatic rings. The molecule has 0 fully saturated rings. The van der Waals surface area contributed by atoms with E-state index < -0.39 is 5.54 Å². The Morgan fingerprint density at radius 2 is 1.24 bits per heavy atom. The third-order valence-electron chi connectivity index (χ3n) is 9.07. The Bertz CT molecular complexity index is 2030. The van der Waals surface area contributed by atoms with Crippen LogP contribution in [-0.2, 0) is 25.1 Å². The van der Waals surface area contributed by atoms with E-state index in [1.807, 2.05) is 77.4 Å². The van der Waals surface area contributed by atoms with Crippen molar-refractivity contribution in [2.24, 2.45) is 0 Å². The Balaban J connectivity index is 1.28. The molecule has 2 aromatic heterocycles. The average Bonchev–Trinajstić information content (AvgIpc) is 3.77. The van der Waals surface area contributed by atoms with Gasteiger partial charge < -0.3 is 9.67 Å². The van der Waals surface area contributed by atoms with Crippen LogP contribution in [0, 0.1) is 0 Å². The summed E-state index contributed by atoms with van der Waals surface area (Å²) in [5.74, 6) is 1.12. The number of halogens is 1. The van der Waals surface area contributed by atoms with Crippen molar-refractivity contribution in [1.82, 2.24) is 29.8 Å². The zero-order chi connectivity index (χ0) is 33.6. The highest BCUT2D eigenvalue weighted by Gasteiger charge is 2.41. The average molecular weight is 665 g/mol. The normalized spacial score (nSPS) is 11.6. The molecular formula is C41H37ClN6O. The molecule has 0 radical (unpaired) electrons. The number of rotatable bonds is 12. The van der Waals surface area contributed by atoms with Crippen molar-refractivity contribution < 1.29 is 5.11 Å². The molecule has 5 aromatic carbocycles. The second-order valence-electron chi connectivity index (χ2n) is 12.1. The number of unbranched alkanes of at least 4 members (excludes halogenated alkanes) is 1. The van der Waals surface area contributed by atoms with Crippen LogP contribution in [-0.4, -0.2) is 34.9 Å². The Hall–Kier alpha value is -5.37. The van der Waals surface area contributed by atoms with E-state index in [0.717, 1.165) is 63.9 Å². The summed E-state index contributed by atoms with van der Waals surface area (Å²) < 4.78 is 2.04. The van der Waals surface area contributed by atoms with Gasteiger partial charge in [-0.25, -0.2) is 4.98 Å². The largest absolute Gasteiger partial charge is 0.388 e. The van der Waals surface area contributed by atoms with Crippen LogP contribution < -0.4 is 0 Å². The van der Waals surface area contributed by atoms with Crippen molar-refractivity contribution in [2.75, 3.05) is 0 Å². The van der Waals surface area contributed by atoms with Crippen molar-refractivity contribution in [1.29, 1.82) is 0 Å². The second kappa shape index (κ2) is 14.4. The fraction of sp³-hybridized carbons (Fsp3) is 0.171. The first-order valence-electron chi connectivity index (χ1n) is 16.6. The molecule has 0 saturated carbocycles. The molecule has 7 aromatic rings. The van der Waals surface area contributed by atoms with Crippen LogP contribution in [0.4, 0.5) is 0 Å². The smallest absolute Gasteiger partial charge is 0.205 e. The van der Waals surface area contributed by atoms with Gasteiger partial charge in [-0.1, -0.05) is 164 Å². The number of aromatic nitrogens is 6. The van der Waals surface area contributed by atoms with Crippen LogP contribution in [0.1, 0.15) is 53.5 Å². The summed E-state index contributed by atoms with van der Waals surface area (Å²) in [7, 11) is 0. The van der Waals surface area contributed by atoms with E-state index in [4.69, 9.17) is 27.0 Å². The standard InChI is InChI=1S/C41H37ClN6O/c1-2-3-23-37-39(42)43-38(29-49)47(37)28-30-24-26-31(27-25-30)35-21-13-14-22-36(35)40-44-46-48(45-40)41(32-15-7-4-8-16-32,33-17-9-5-10-18-33)34-19-11-6-12-20-34/h4-22,24-27,49H,2-3,23,28-29H2,1H3. The molecule has 7 rings (SSSR count). The lowest BCUT2D eigenvalue weighted by atomic mass is 9.77. The van der Waals surface area contributed by atoms with Crippen LogP contribution in [0.15, 0.2) is 140 Å². The van der Waals surface area contributed by atoms with Gasteiger partial charge in [0.15, 0.2) is 10.7 Å². The van der Waals surface area contributed by atoms with Crippen LogP contribution in [0.25, 0.3) is 22.5 Å². The second-order valence-corrected chi connectivity index (χ2v) is 12.4. The Morgan fingerprint density at radius 3 is 1.80 bits per heavy atom. The van der Waals surface area contributed by atoms with Crippen LogP contribution in [0.3, 0.4) is 0 Å². The van der Waals surface area contributed by atoms with Gasteiger partial charge in [0.1, 0.15) is 12.4 Å². The molecule has 0 aliphatic heterocycles. The molecule has 2 heterocycles. The van der Waals surface area contributed by atoms with Crippen LogP contribution in [0.5, 0.6) is 0 Å². The van der Waals surface area contributed by atoms with E-state index in [2.05, 4.69) is 78.6 Å². The zero-order valence-electron chi connectivity index (χ0n) is 27.3. The van der Waals surface area contributed by atoms with E-state index in [1.165, 1.54) is 0 Å². The van der Waals surface area contributed by atoms with Gasteiger partial charge in [-0.3, -0.25) is 0 Å². The fourth-order valence-electron chi connectivity index (χ4n) is 6.65. The molecule has 0 bridgehead atoms. The van der Waals surface area contributed by atoms with Gasteiger partial charge >= 0.3 is 0 Å². The molecule has 1 N–H and O–H groups in total.